The third-order valence-corrected chi connectivity index (χ3v) is 4.06. The Morgan fingerprint density at radius 3 is 2.45 bits per heavy atom. The van der Waals surface area contributed by atoms with Crippen molar-refractivity contribution in [3.05, 3.63) is 22.4 Å². The topological polar surface area (TPSA) is 66.4 Å². The molecule has 0 aliphatic rings. The lowest BCUT2D eigenvalue weighted by Crippen LogP contribution is -2.34. The van der Waals surface area contributed by atoms with E-state index in [9.17, 15) is 9.59 Å². The van der Waals surface area contributed by atoms with Crippen molar-refractivity contribution >= 4 is 23.2 Å². The number of rotatable bonds is 7. The minimum absolute atomic E-state index is 0.00817. The number of aliphatic carboxylic acids is 1. The van der Waals surface area contributed by atoms with E-state index >= 15 is 0 Å². The Labute approximate surface area is 124 Å². The molecule has 1 amide bonds. The molecule has 0 aliphatic carbocycles. The fraction of sp³-hybridized carbons (Fsp3) is 0.600. The third-order valence-electron chi connectivity index (χ3n) is 3.10. The molecule has 20 heavy (non-hydrogen) atoms. The van der Waals surface area contributed by atoms with Crippen LogP contribution in [0.25, 0.3) is 0 Å². The lowest BCUT2D eigenvalue weighted by molar-refractivity contribution is -0.139. The Morgan fingerprint density at radius 1 is 1.35 bits per heavy atom. The molecule has 0 fully saturated rings. The largest absolute Gasteiger partial charge is 0.481 e. The maximum Gasteiger partial charge on any atom is 0.303 e. The first kappa shape index (κ1) is 16.7. The molecule has 1 aromatic heterocycles. The quantitative estimate of drug-likeness (QED) is 0.810. The van der Waals surface area contributed by atoms with Gasteiger partial charge in [0.1, 0.15) is 0 Å². The number of nitrogens with one attached hydrogen (secondary N) is 1. The van der Waals surface area contributed by atoms with Crippen LogP contribution in [0.2, 0.25) is 0 Å². The van der Waals surface area contributed by atoms with Crippen molar-refractivity contribution in [2.75, 3.05) is 0 Å². The van der Waals surface area contributed by atoms with E-state index in [4.69, 9.17) is 5.11 Å². The van der Waals surface area contributed by atoms with Gasteiger partial charge in [-0.05, 0) is 22.8 Å². The molecule has 0 saturated carbocycles. The van der Waals surface area contributed by atoms with Gasteiger partial charge in [-0.15, -0.1) is 11.3 Å². The first-order valence-electron chi connectivity index (χ1n) is 6.76. The zero-order chi connectivity index (χ0) is 15.3. The van der Waals surface area contributed by atoms with Gasteiger partial charge >= 0.3 is 5.97 Å². The van der Waals surface area contributed by atoms with Gasteiger partial charge in [-0.2, -0.15) is 0 Å². The minimum Gasteiger partial charge on any atom is -0.481 e. The summed E-state index contributed by atoms with van der Waals surface area (Å²) >= 11 is 1.62. The lowest BCUT2D eigenvalue weighted by Gasteiger charge is -2.25. The molecular weight excluding hydrogens is 274 g/mol. The Balaban J connectivity index is 2.66. The maximum absolute atomic E-state index is 12.2. The standard InChI is InChI=1S/C15H23NO3S/c1-10(2)14(11-6-5-7-20-11)16-12(17)8-15(3,4)9-13(18)19/h5-7,10,14H,8-9H2,1-4H3,(H,16,17)(H,18,19). The van der Waals surface area contributed by atoms with E-state index in [1.807, 2.05) is 17.5 Å². The fourth-order valence-corrected chi connectivity index (χ4v) is 3.11. The highest BCUT2D eigenvalue weighted by Crippen LogP contribution is 2.28. The molecule has 1 rings (SSSR count). The molecule has 1 atom stereocenters. The second-order valence-electron chi connectivity index (χ2n) is 6.22. The second-order valence-corrected chi connectivity index (χ2v) is 7.20. The molecule has 1 aromatic rings. The molecule has 1 heterocycles. The van der Waals surface area contributed by atoms with Crippen molar-refractivity contribution in [3.8, 4) is 0 Å². The predicted octanol–water partition coefficient (Wildman–Crippen LogP) is 3.45. The summed E-state index contributed by atoms with van der Waals surface area (Å²) in [5, 5.41) is 13.9. The molecule has 0 aromatic carbocycles. The van der Waals surface area contributed by atoms with Gasteiger partial charge in [-0.3, -0.25) is 9.59 Å². The van der Waals surface area contributed by atoms with E-state index in [-0.39, 0.29) is 24.8 Å². The number of carbonyl (C=O) groups is 2. The molecule has 112 valence electrons. The van der Waals surface area contributed by atoms with Crippen molar-refractivity contribution < 1.29 is 14.7 Å². The van der Waals surface area contributed by atoms with Crippen molar-refractivity contribution in [2.45, 2.75) is 46.6 Å². The normalized spacial score (nSPS) is 13.2. The average Bonchev–Trinajstić information content (AvgIpc) is 2.75. The molecule has 0 spiro atoms. The Hall–Kier alpha value is -1.36. The number of hydrogen-bond donors (Lipinski definition) is 2. The van der Waals surface area contributed by atoms with Gasteiger partial charge in [0, 0.05) is 11.3 Å². The summed E-state index contributed by atoms with van der Waals surface area (Å²) in [4.78, 5) is 24.1. The first-order chi connectivity index (χ1) is 9.21. The van der Waals surface area contributed by atoms with E-state index in [0.29, 0.717) is 5.92 Å². The van der Waals surface area contributed by atoms with Crippen LogP contribution in [0.1, 0.15) is 51.5 Å². The molecular formula is C15H23NO3S. The molecule has 1 unspecified atom stereocenters. The number of carboxylic acids is 1. The molecule has 4 nitrogen and oxygen atoms in total. The van der Waals surface area contributed by atoms with Gasteiger partial charge in [0.2, 0.25) is 5.91 Å². The molecule has 2 N–H and O–H groups in total. The Bertz CT molecular complexity index is 452. The highest BCUT2D eigenvalue weighted by molar-refractivity contribution is 7.10. The molecule has 0 bridgehead atoms. The highest BCUT2D eigenvalue weighted by Gasteiger charge is 2.27. The SMILES string of the molecule is CC(C)C(NC(=O)CC(C)(C)CC(=O)O)c1cccs1. The first-order valence-corrected chi connectivity index (χ1v) is 7.64. The van der Waals surface area contributed by atoms with E-state index < -0.39 is 11.4 Å². The molecule has 0 saturated heterocycles. The van der Waals surface area contributed by atoms with Crippen LogP contribution in [0.4, 0.5) is 0 Å². The van der Waals surface area contributed by atoms with Crippen LogP contribution < -0.4 is 5.32 Å². The van der Waals surface area contributed by atoms with E-state index in [2.05, 4.69) is 19.2 Å². The minimum atomic E-state index is -0.874. The maximum atomic E-state index is 12.2. The van der Waals surface area contributed by atoms with Crippen molar-refractivity contribution in [3.63, 3.8) is 0 Å². The van der Waals surface area contributed by atoms with Crippen molar-refractivity contribution in [2.24, 2.45) is 11.3 Å². The van der Waals surface area contributed by atoms with Gasteiger partial charge in [-0.25, -0.2) is 0 Å². The van der Waals surface area contributed by atoms with Crippen LogP contribution in [0, 0.1) is 11.3 Å². The summed E-state index contributed by atoms with van der Waals surface area (Å²) < 4.78 is 0. The predicted molar refractivity (Wildman–Crippen MR) is 80.7 cm³/mol. The number of carboxylic acid groups (broad SMARTS) is 1. The van der Waals surface area contributed by atoms with Crippen LogP contribution in [-0.2, 0) is 9.59 Å². The van der Waals surface area contributed by atoms with Gasteiger partial charge in [-0.1, -0.05) is 33.8 Å². The number of carbonyl (C=O) groups excluding carboxylic acids is 1. The second kappa shape index (κ2) is 6.88. The summed E-state index contributed by atoms with van der Waals surface area (Å²) in [6.07, 6.45) is 0.208. The highest BCUT2D eigenvalue weighted by atomic mass is 32.1. The molecule has 5 heteroatoms. The smallest absolute Gasteiger partial charge is 0.303 e. The Kier molecular flexibility index (Phi) is 5.74. The van der Waals surface area contributed by atoms with Crippen molar-refractivity contribution in [1.29, 1.82) is 0 Å². The monoisotopic (exact) mass is 297 g/mol. The van der Waals surface area contributed by atoms with E-state index in [1.54, 1.807) is 25.2 Å². The molecule has 0 radical (unpaired) electrons. The van der Waals surface area contributed by atoms with Gasteiger partial charge in [0.05, 0.1) is 12.5 Å². The summed E-state index contributed by atoms with van der Waals surface area (Å²) in [5.74, 6) is -0.676. The van der Waals surface area contributed by atoms with E-state index in [1.165, 1.54) is 0 Å². The fourth-order valence-electron chi connectivity index (χ4n) is 2.17. The molecule has 0 aliphatic heterocycles. The van der Waals surface area contributed by atoms with Crippen LogP contribution in [-0.4, -0.2) is 17.0 Å². The zero-order valence-corrected chi connectivity index (χ0v) is 13.3. The van der Waals surface area contributed by atoms with Crippen LogP contribution in [0.3, 0.4) is 0 Å². The lowest BCUT2D eigenvalue weighted by atomic mass is 9.85. The number of thiophene rings is 1. The summed E-state index contributed by atoms with van der Waals surface area (Å²) in [5.41, 5.74) is -0.535. The summed E-state index contributed by atoms with van der Waals surface area (Å²) in [7, 11) is 0. The number of hydrogen-bond acceptors (Lipinski definition) is 3. The van der Waals surface area contributed by atoms with E-state index in [0.717, 1.165) is 4.88 Å². The summed E-state index contributed by atoms with van der Waals surface area (Å²) in [6, 6.07) is 3.97. The average molecular weight is 297 g/mol. The van der Waals surface area contributed by atoms with Crippen molar-refractivity contribution in [1.82, 2.24) is 5.32 Å². The third kappa shape index (κ3) is 5.33. The Morgan fingerprint density at radius 2 is 2.00 bits per heavy atom. The van der Waals surface area contributed by atoms with Crippen LogP contribution in [0.15, 0.2) is 17.5 Å². The number of amides is 1. The van der Waals surface area contributed by atoms with Gasteiger partial charge in [0.15, 0.2) is 0 Å². The van der Waals surface area contributed by atoms with Crippen LogP contribution >= 0.6 is 11.3 Å². The van der Waals surface area contributed by atoms with Crippen LogP contribution in [0.5, 0.6) is 0 Å². The van der Waals surface area contributed by atoms with Gasteiger partial charge in [0.25, 0.3) is 0 Å². The summed E-state index contributed by atoms with van der Waals surface area (Å²) in [6.45, 7) is 7.73. The zero-order valence-electron chi connectivity index (χ0n) is 12.5. The van der Waals surface area contributed by atoms with Gasteiger partial charge < -0.3 is 10.4 Å².